The van der Waals surface area contributed by atoms with Crippen molar-refractivity contribution in [3.8, 4) is 17.3 Å². The molecule has 1 aromatic heterocycles. The van der Waals surface area contributed by atoms with Crippen LogP contribution in [-0.4, -0.2) is 31.2 Å². The van der Waals surface area contributed by atoms with Gasteiger partial charge in [-0.05, 0) is 19.1 Å². The van der Waals surface area contributed by atoms with Crippen LogP contribution in [0.2, 0.25) is 5.02 Å². The molecule has 0 aliphatic heterocycles. The van der Waals surface area contributed by atoms with Crippen LogP contribution in [0.15, 0.2) is 18.5 Å². The maximum atomic E-state index is 14.4. The number of aromatic nitrogens is 2. The zero-order chi connectivity index (χ0) is 18.6. The largest absolute Gasteiger partial charge is 0.282 e. The number of nitrogens with one attached hydrogen (secondary N) is 2. The summed E-state index contributed by atoms with van der Waals surface area (Å²) in [6, 6.07) is 3.81. The Kier molecular flexibility index (Phi) is 5.73. The van der Waals surface area contributed by atoms with Crippen LogP contribution in [-0.2, 0) is 14.9 Å². The van der Waals surface area contributed by atoms with Gasteiger partial charge in [0, 0.05) is 5.56 Å². The predicted octanol–water partition coefficient (Wildman–Crippen LogP) is 2.54. The van der Waals surface area contributed by atoms with Crippen molar-refractivity contribution in [2.45, 2.75) is 6.92 Å². The van der Waals surface area contributed by atoms with Crippen molar-refractivity contribution in [2.75, 3.05) is 23.1 Å². The maximum absolute atomic E-state index is 14.4. The quantitative estimate of drug-likeness (QED) is 0.733. The molecule has 2 N–H and O–H groups in total. The monoisotopic (exact) mass is 385 g/mol. The van der Waals surface area contributed by atoms with Crippen LogP contribution in [0.1, 0.15) is 12.5 Å². The van der Waals surface area contributed by atoms with E-state index in [0.29, 0.717) is 0 Å². The van der Waals surface area contributed by atoms with E-state index in [4.69, 9.17) is 21.7 Å². The van der Waals surface area contributed by atoms with Crippen molar-refractivity contribution in [3.05, 3.63) is 34.9 Å². The lowest BCUT2D eigenvalue weighted by molar-refractivity contribution is 0.269. The molecular formula is C14H13ClFN5O3S. The van der Waals surface area contributed by atoms with Gasteiger partial charge in [-0.25, -0.2) is 28.3 Å². The molecule has 0 aliphatic carbocycles. The summed E-state index contributed by atoms with van der Waals surface area (Å²) in [4.78, 5) is 12.5. The molecule has 0 radical (unpaired) electrons. The molecule has 132 valence electrons. The Bertz CT molecular complexity index is 946. The number of anilines is 2. The van der Waals surface area contributed by atoms with Gasteiger partial charge in [0.25, 0.3) is 0 Å². The summed E-state index contributed by atoms with van der Waals surface area (Å²) < 4.78 is 40.2. The van der Waals surface area contributed by atoms with Gasteiger partial charge in [0.05, 0.1) is 29.8 Å². The first-order valence-electron chi connectivity index (χ1n) is 6.87. The summed E-state index contributed by atoms with van der Waals surface area (Å²) in [5, 5.41) is 9.08. The van der Waals surface area contributed by atoms with Gasteiger partial charge in [0.15, 0.2) is 5.82 Å². The lowest BCUT2D eigenvalue weighted by Crippen LogP contribution is -2.15. The van der Waals surface area contributed by atoms with Crippen molar-refractivity contribution < 1.29 is 17.6 Å². The first-order valence-corrected chi connectivity index (χ1v) is 8.90. The number of nitrogens with zero attached hydrogens (tertiary/aromatic N) is 3. The van der Waals surface area contributed by atoms with Crippen LogP contribution < -0.4 is 10.2 Å². The Hall–Kier alpha value is -2.48. The van der Waals surface area contributed by atoms with Gasteiger partial charge in [-0.1, -0.05) is 11.6 Å². The summed E-state index contributed by atoms with van der Waals surface area (Å²) >= 11 is 6.14. The average Bonchev–Trinajstić information content (AvgIpc) is 2.58. The van der Waals surface area contributed by atoms with Crippen molar-refractivity contribution in [1.82, 2.24) is 9.97 Å². The molecule has 11 heteroatoms. The number of rotatable bonds is 6. The van der Waals surface area contributed by atoms with Crippen molar-refractivity contribution in [3.63, 3.8) is 0 Å². The summed E-state index contributed by atoms with van der Waals surface area (Å²) in [5.41, 5.74) is 2.09. The highest BCUT2D eigenvalue weighted by Gasteiger charge is 2.19. The Morgan fingerprint density at radius 1 is 1.40 bits per heavy atom. The fourth-order valence-corrected chi connectivity index (χ4v) is 2.78. The second-order valence-electron chi connectivity index (χ2n) is 4.69. The third-order valence-corrected chi connectivity index (χ3v) is 4.77. The number of halogens is 2. The zero-order valence-corrected chi connectivity index (χ0v) is 14.7. The Morgan fingerprint density at radius 2 is 2.12 bits per heavy atom. The molecule has 0 unspecified atom stereocenters. The van der Waals surface area contributed by atoms with Crippen molar-refractivity contribution in [1.29, 1.82) is 5.26 Å². The summed E-state index contributed by atoms with van der Waals surface area (Å²) in [7, 11) is -2.32. The molecule has 2 aromatic rings. The van der Waals surface area contributed by atoms with E-state index >= 15 is 0 Å². The smallest absolute Gasteiger partial charge is 0.232 e. The third-order valence-electron chi connectivity index (χ3n) is 3.12. The standard InChI is InChI=1S/C14H13ClFN5O3S/c1-3-25(22,23)21-11-5-9(10(16)4-8(11)6-17)13-12(15)14(20-24-2)19-7-18-13/h4-5,7,21H,3H2,1-2H3,(H,18,19,20). The number of benzene rings is 1. The van der Waals surface area contributed by atoms with Gasteiger partial charge in [-0.15, -0.1) is 0 Å². The number of nitriles is 1. The first kappa shape index (κ1) is 18.9. The predicted molar refractivity (Wildman–Crippen MR) is 90.9 cm³/mol. The minimum absolute atomic E-state index is 0.00940. The molecule has 8 nitrogen and oxygen atoms in total. The molecule has 0 aliphatic rings. The molecule has 1 heterocycles. The first-order chi connectivity index (χ1) is 11.8. The molecule has 0 fully saturated rings. The van der Waals surface area contributed by atoms with Crippen LogP contribution in [0.5, 0.6) is 0 Å². The van der Waals surface area contributed by atoms with E-state index in [0.717, 1.165) is 18.5 Å². The molecular weight excluding hydrogens is 373 g/mol. The highest BCUT2D eigenvalue weighted by Crippen LogP contribution is 2.34. The van der Waals surface area contributed by atoms with E-state index in [9.17, 15) is 12.8 Å². The average molecular weight is 386 g/mol. The molecule has 0 spiro atoms. The maximum Gasteiger partial charge on any atom is 0.232 e. The van der Waals surface area contributed by atoms with Crippen LogP contribution in [0.3, 0.4) is 0 Å². The number of hydrogen-bond donors (Lipinski definition) is 2. The Balaban J connectivity index is 2.64. The molecule has 0 amide bonds. The van der Waals surface area contributed by atoms with E-state index in [1.54, 1.807) is 6.07 Å². The van der Waals surface area contributed by atoms with Gasteiger partial charge in [-0.3, -0.25) is 9.56 Å². The van der Waals surface area contributed by atoms with Gasteiger partial charge in [0.2, 0.25) is 10.0 Å². The minimum Gasteiger partial charge on any atom is -0.282 e. The van der Waals surface area contributed by atoms with E-state index in [1.165, 1.54) is 14.0 Å². The van der Waals surface area contributed by atoms with Gasteiger partial charge in [0.1, 0.15) is 23.2 Å². The minimum atomic E-state index is -3.67. The molecule has 0 saturated carbocycles. The normalized spacial score (nSPS) is 11.0. The van der Waals surface area contributed by atoms with E-state index in [1.807, 2.05) is 0 Å². The van der Waals surface area contributed by atoms with Gasteiger partial charge in [-0.2, -0.15) is 5.26 Å². The van der Waals surface area contributed by atoms with E-state index in [-0.39, 0.29) is 39.1 Å². The molecule has 0 saturated heterocycles. The Labute approximate surface area is 148 Å². The fourth-order valence-electron chi connectivity index (χ4n) is 1.90. The SMILES string of the molecule is CCS(=O)(=O)Nc1cc(-c2ncnc(NOC)c2Cl)c(F)cc1C#N. The lowest BCUT2D eigenvalue weighted by Gasteiger charge is -2.13. The third kappa shape index (κ3) is 4.14. The molecule has 1 aromatic carbocycles. The molecule has 25 heavy (non-hydrogen) atoms. The molecule has 2 rings (SSSR count). The van der Waals surface area contributed by atoms with Crippen molar-refractivity contribution >= 4 is 33.1 Å². The second kappa shape index (κ2) is 7.60. The Morgan fingerprint density at radius 3 is 2.72 bits per heavy atom. The highest BCUT2D eigenvalue weighted by molar-refractivity contribution is 7.92. The van der Waals surface area contributed by atoms with E-state index in [2.05, 4.69) is 20.2 Å². The van der Waals surface area contributed by atoms with Gasteiger partial charge < -0.3 is 0 Å². The van der Waals surface area contributed by atoms with Crippen LogP contribution >= 0.6 is 11.6 Å². The summed E-state index contributed by atoms with van der Waals surface area (Å²) in [6.45, 7) is 1.43. The van der Waals surface area contributed by atoms with Gasteiger partial charge >= 0.3 is 0 Å². The molecule has 0 atom stereocenters. The summed E-state index contributed by atoms with van der Waals surface area (Å²) in [6.07, 6.45) is 1.14. The summed E-state index contributed by atoms with van der Waals surface area (Å²) in [5.74, 6) is -0.894. The van der Waals surface area contributed by atoms with Crippen LogP contribution in [0.25, 0.3) is 11.3 Å². The van der Waals surface area contributed by atoms with Crippen molar-refractivity contribution in [2.24, 2.45) is 0 Å². The fraction of sp³-hybridized carbons (Fsp3) is 0.214. The topological polar surface area (TPSA) is 117 Å². The lowest BCUT2D eigenvalue weighted by atomic mass is 10.1. The zero-order valence-electron chi connectivity index (χ0n) is 13.2. The van der Waals surface area contributed by atoms with Crippen LogP contribution in [0.4, 0.5) is 15.9 Å². The van der Waals surface area contributed by atoms with Crippen LogP contribution in [0, 0.1) is 17.1 Å². The van der Waals surface area contributed by atoms with E-state index < -0.39 is 15.8 Å². The number of sulfonamides is 1. The number of hydrogen-bond acceptors (Lipinski definition) is 7. The molecule has 0 bridgehead atoms. The highest BCUT2D eigenvalue weighted by atomic mass is 35.5. The second-order valence-corrected chi connectivity index (χ2v) is 7.07.